The number of halogens is 6. The van der Waals surface area contributed by atoms with E-state index in [2.05, 4.69) is 0 Å². The van der Waals surface area contributed by atoms with Crippen molar-refractivity contribution in [1.82, 2.24) is 0 Å². The van der Waals surface area contributed by atoms with Crippen molar-refractivity contribution in [1.29, 1.82) is 0 Å². The van der Waals surface area contributed by atoms with Gasteiger partial charge in [0.1, 0.15) is 0 Å². The molecule has 2 N–H and O–H groups in total. The van der Waals surface area contributed by atoms with Gasteiger partial charge in [0.15, 0.2) is 21.6 Å². The summed E-state index contributed by atoms with van der Waals surface area (Å²) in [4.78, 5) is 8.62. The molecule has 1 aromatic rings. The predicted molar refractivity (Wildman–Crippen MR) is 59.9 cm³/mol. The summed E-state index contributed by atoms with van der Waals surface area (Å²) in [5.41, 5.74) is -6.51. The van der Waals surface area contributed by atoms with Gasteiger partial charge in [0, 0.05) is 15.4 Å². The first-order valence-corrected chi connectivity index (χ1v) is 7.06. The van der Waals surface area contributed by atoms with Crippen molar-refractivity contribution in [3.8, 4) is 0 Å². The fraction of sp³-hybridized carbons (Fsp3) is 0.222. The van der Waals surface area contributed by atoms with E-state index >= 15 is 0 Å². The lowest BCUT2D eigenvalue weighted by molar-refractivity contribution is -0.0389. The monoisotopic (exact) mass is 353 g/mol. The molecule has 118 valence electrons. The number of amides is 1. The molecule has 0 aliphatic heterocycles. The van der Waals surface area contributed by atoms with Crippen molar-refractivity contribution in [2.75, 3.05) is 0 Å². The Morgan fingerprint density at radius 1 is 0.857 bits per heavy atom. The van der Waals surface area contributed by atoms with Crippen LogP contribution < -0.4 is 5.73 Å². The molecule has 0 aromatic heterocycles. The van der Waals surface area contributed by atoms with Gasteiger partial charge in [-0.05, 0) is 18.2 Å². The van der Waals surface area contributed by atoms with Crippen molar-refractivity contribution in [2.24, 2.45) is 5.73 Å². The second kappa shape index (κ2) is 5.75. The van der Waals surface area contributed by atoms with Crippen LogP contribution in [0.4, 0.5) is 26.3 Å². The van der Waals surface area contributed by atoms with E-state index in [9.17, 15) is 39.6 Å². The zero-order chi connectivity index (χ0) is 16.6. The third-order valence-corrected chi connectivity index (χ3v) is 4.18. The minimum atomic E-state index is -5.26. The van der Waals surface area contributed by atoms with Crippen LogP contribution in [0.5, 0.6) is 0 Å². The second-order valence-electron chi connectivity index (χ2n) is 3.49. The number of alkyl halides is 6. The first kappa shape index (κ1) is 17.6. The van der Waals surface area contributed by atoms with Crippen molar-refractivity contribution in [3.05, 3.63) is 23.8 Å². The highest BCUT2D eigenvalue weighted by molar-refractivity contribution is 7.86. The first-order chi connectivity index (χ1) is 9.34. The number of primary amides is 1. The standard InChI is InChI=1S/C9H5F6NO3S2/c10-8(11,12)20(18)5-1-4(7(16)17)2-6(3-5)21(19)9(13,14)15/h1-3H,(H2,16,17)/t20-,21-/m1/s1. The van der Waals surface area contributed by atoms with Crippen LogP contribution in [0.2, 0.25) is 0 Å². The van der Waals surface area contributed by atoms with Crippen LogP contribution in [0.15, 0.2) is 28.0 Å². The molecular weight excluding hydrogens is 348 g/mol. The van der Waals surface area contributed by atoms with E-state index < -0.39 is 53.9 Å². The maximum Gasteiger partial charge on any atom is 0.475 e. The molecule has 2 atom stereocenters. The molecule has 0 fully saturated rings. The molecule has 0 spiro atoms. The average molecular weight is 353 g/mol. The van der Waals surface area contributed by atoms with Gasteiger partial charge in [-0.1, -0.05) is 0 Å². The van der Waals surface area contributed by atoms with Crippen molar-refractivity contribution in [2.45, 2.75) is 20.8 Å². The maximum absolute atomic E-state index is 12.3. The Balaban J connectivity index is 3.49. The number of rotatable bonds is 3. The van der Waals surface area contributed by atoms with Crippen LogP contribution in [-0.4, -0.2) is 25.3 Å². The van der Waals surface area contributed by atoms with Gasteiger partial charge < -0.3 is 5.73 Å². The maximum atomic E-state index is 12.3. The molecule has 0 bridgehead atoms. The number of nitrogens with two attached hydrogens (primary N) is 1. The Morgan fingerprint density at radius 2 is 1.19 bits per heavy atom. The summed E-state index contributed by atoms with van der Waals surface area (Å²) in [6.45, 7) is 0. The summed E-state index contributed by atoms with van der Waals surface area (Å²) in [6, 6.07) is 1.08. The fourth-order valence-electron chi connectivity index (χ4n) is 1.20. The highest BCUT2D eigenvalue weighted by atomic mass is 32.2. The summed E-state index contributed by atoms with van der Waals surface area (Å²) < 4.78 is 96.2. The summed E-state index contributed by atoms with van der Waals surface area (Å²) in [5, 5.41) is 0. The van der Waals surface area contributed by atoms with Crippen molar-refractivity contribution < 1.29 is 39.6 Å². The van der Waals surface area contributed by atoms with Crippen LogP contribution >= 0.6 is 0 Å². The highest BCUT2D eigenvalue weighted by Gasteiger charge is 2.41. The van der Waals surface area contributed by atoms with Crippen molar-refractivity contribution >= 4 is 27.5 Å². The van der Waals surface area contributed by atoms with E-state index in [0.29, 0.717) is 12.1 Å². The zero-order valence-electron chi connectivity index (χ0n) is 9.62. The molecule has 0 unspecified atom stereocenters. The summed E-state index contributed by atoms with van der Waals surface area (Å²) in [6.07, 6.45) is 0. The van der Waals surface area contributed by atoms with E-state index in [0.717, 1.165) is 0 Å². The van der Waals surface area contributed by atoms with Crippen LogP contribution in [0.1, 0.15) is 10.4 Å². The quantitative estimate of drug-likeness (QED) is 0.845. The summed E-state index contributed by atoms with van der Waals surface area (Å²) in [5.74, 6) is -1.35. The molecule has 1 aromatic carbocycles. The number of carbonyl (C=O) groups excluding carboxylic acids is 1. The molecule has 1 rings (SSSR count). The SMILES string of the molecule is NC(=O)c1cc([S@@](=O)C(F)(F)F)cc([S@@](=O)C(F)(F)F)c1. The third kappa shape index (κ3) is 4.27. The number of hydrogen-bond donors (Lipinski definition) is 1. The molecule has 0 aliphatic carbocycles. The normalized spacial score (nSPS) is 15.5. The average Bonchev–Trinajstić information content (AvgIpc) is 2.34. The summed E-state index contributed by atoms with van der Waals surface area (Å²) in [7, 11) is -7.38. The largest absolute Gasteiger partial charge is 0.475 e. The van der Waals surface area contributed by atoms with Crippen LogP contribution in [-0.2, 0) is 21.6 Å². The van der Waals surface area contributed by atoms with Gasteiger partial charge in [0.25, 0.3) is 0 Å². The van der Waals surface area contributed by atoms with Crippen LogP contribution in [0, 0.1) is 0 Å². The van der Waals surface area contributed by atoms with E-state index in [1.807, 2.05) is 0 Å². The molecule has 0 heterocycles. The Labute approximate surface area is 118 Å². The minimum Gasteiger partial charge on any atom is -0.366 e. The van der Waals surface area contributed by atoms with Gasteiger partial charge in [0.05, 0.1) is 0 Å². The lowest BCUT2D eigenvalue weighted by Gasteiger charge is -2.11. The van der Waals surface area contributed by atoms with Crippen LogP contribution in [0.25, 0.3) is 0 Å². The van der Waals surface area contributed by atoms with E-state index in [1.54, 1.807) is 0 Å². The van der Waals surface area contributed by atoms with Gasteiger partial charge in [-0.15, -0.1) is 0 Å². The van der Waals surface area contributed by atoms with E-state index in [1.165, 1.54) is 0 Å². The molecule has 12 heteroatoms. The number of benzene rings is 1. The minimum absolute atomic E-state index is 0.208. The van der Waals surface area contributed by atoms with Gasteiger partial charge in [0.2, 0.25) is 5.91 Å². The highest BCUT2D eigenvalue weighted by Crippen LogP contribution is 2.31. The Bertz CT molecular complexity index is 581. The second-order valence-corrected chi connectivity index (χ2v) is 6.43. The molecule has 21 heavy (non-hydrogen) atoms. The van der Waals surface area contributed by atoms with Crippen molar-refractivity contribution in [3.63, 3.8) is 0 Å². The molecule has 0 saturated heterocycles. The van der Waals surface area contributed by atoms with Gasteiger partial charge in [-0.3, -0.25) is 4.79 Å². The summed E-state index contributed by atoms with van der Waals surface area (Å²) >= 11 is 0. The Hall–Kier alpha value is -1.43. The molecule has 1 amide bonds. The Morgan fingerprint density at radius 3 is 1.43 bits per heavy atom. The molecule has 4 nitrogen and oxygen atoms in total. The lowest BCUT2D eigenvalue weighted by atomic mass is 10.2. The first-order valence-electron chi connectivity index (χ1n) is 4.76. The third-order valence-electron chi connectivity index (χ3n) is 2.01. The lowest BCUT2D eigenvalue weighted by Crippen LogP contribution is -2.20. The molecule has 0 radical (unpaired) electrons. The molecule has 0 saturated carbocycles. The smallest absolute Gasteiger partial charge is 0.366 e. The van der Waals surface area contributed by atoms with E-state index in [4.69, 9.17) is 5.73 Å². The van der Waals surface area contributed by atoms with Gasteiger partial charge in [-0.2, -0.15) is 26.3 Å². The number of hydrogen-bond acceptors (Lipinski definition) is 3. The molecule has 0 aliphatic rings. The molecular formula is C9H5F6NO3S2. The Kier molecular flexibility index (Phi) is 4.83. The zero-order valence-corrected chi connectivity index (χ0v) is 11.3. The topological polar surface area (TPSA) is 77.2 Å². The van der Waals surface area contributed by atoms with Gasteiger partial charge in [-0.25, -0.2) is 8.42 Å². The van der Waals surface area contributed by atoms with E-state index in [-0.39, 0.29) is 6.07 Å². The predicted octanol–water partition coefficient (Wildman–Crippen LogP) is 2.04. The van der Waals surface area contributed by atoms with Gasteiger partial charge >= 0.3 is 11.0 Å². The van der Waals surface area contributed by atoms with Crippen LogP contribution in [0.3, 0.4) is 0 Å². The number of carbonyl (C=O) groups is 1. The fourth-order valence-corrected chi connectivity index (χ4v) is 2.74.